The van der Waals surface area contributed by atoms with Crippen LogP contribution in [0.2, 0.25) is 0 Å². The number of aromatic nitrogens is 1. The van der Waals surface area contributed by atoms with Crippen LogP contribution in [0.3, 0.4) is 0 Å². The van der Waals surface area contributed by atoms with Crippen LogP contribution in [0.4, 0.5) is 5.69 Å². The molecule has 1 aromatic carbocycles. The molecule has 0 aliphatic heterocycles. The molecule has 2 aromatic rings. The average molecular weight is 253 g/mol. The molecule has 0 unspecified atom stereocenters. The topological polar surface area (TPSA) is 49.1 Å². The number of hydrogen-bond donors (Lipinski definition) is 0. The number of pyridine rings is 1. The van der Waals surface area contributed by atoms with Crippen LogP contribution in [-0.2, 0) is 6.54 Å². The smallest absolute Gasteiger partial charge is 0.213 e. The van der Waals surface area contributed by atoms with Gasteiger partial charge in [0.2, 0.25) is 5.88 Å². The molecule has 0 saturated heterocycles. The molecule has 1 aromatic heterocycles. The number of methoxy groups -OCH3 is 1. The van der Waals surface area contributed by atoms with E-state index in [4.69, 9.17) is 10.00 Å². The van der Waals surface area contributed by atoms with Gasteiger partial charge in [-0.15, -0.1) is 0 Å². The van der Waals surface area contributed by atoms with E-state index in [2.05, 4.69) is 11.1 Å². The van der Waals surface area contributed by atoms with E-state index < -0.39 is 0 Å². The number of anilines is 1. The molecular weight excluding hydrogens is 238 g/mol. The number of rotatable bonds is 4. The van der Waals surface area contributed by atoms with Crippen LogP contribution < -0.4 is 9.64 Å². The highest BCUT2D eigenvalue weighted by Gasteiger charge is 2.05. The van der Waals surface area contributed by atoms with Crippen LogP contribution in [0.25, 0.3) is 0 Å². The summed E-state index contributed by atoms with van der Waals surface area (Å²) in [5.74, 6) is 0.608. The lowest BCUT2D eigenvalue weighted by molar-refractivity contribution is 0.396. The first kappa shape index (κ1) is 12.9. The van der Waals surface area contributed by atoms with Crippen molar-refractivity contribution < 1.29 is 4.74 Å². The molecule has 0 radical (unpaired) electrons. The summed E-state index contributed by atoms with van der Waals surface area (Å²) in [6, 6.07) is 15.3. The molecule has 0 amide bonds. The van der Waals surface area contributed by atoms with Gasteiger partial charge < -0.3 is 9.64 Å². The lowest BCUT2D eigenvalue weighted by Gasteiger charge is -2.19. The third kappa shape index (κ3) is 3.23. The molecule has 0 N–H and O–H groups in total. The Kier molecular flexibility index (Phi) is 3.99. The Bertz CT molecular complexity index is 604. The monoisotopic (exact) mass is 253 g/mol. The molecular formula is C15H15N3O. The Labute approximate surface area is 112 Å². The molecule has 1 heterocycles. The molecule has 0 atom stereocenters. The van der Waals surface area contributed by atoms with E-state index in [0.717, 1.165) is 11.4 Å². The van der Waals surface area contributed by atoms with Gasteiger partial charge in [0.1, 0.15) is 0 Å². The molecule has 4 nitrogen and oxygen atoms in total. The zero-order valence-corrected chi connectivity index (χ0v) is 11.0. The Morgan fingerprint density at radius 3 is 2.79 bits per heavy atom. The summed E-state index contributed by atoms with van der Waals surface area (Å²) in [4.78, 5) is 6.41. The van der Waals surface area contributed by atoms with Crippen molar-refractivity contribution in [2.45, 2.75) is 6.54 Å². The molecule has 96 valence electrons. The molecule has 0 aliphatic rings. The van der Waals surface area contributed by atoms with Gasteiger partial charge >= 0.3 is 0 Å². The fourth-order valence-electron chi connectivity index (χ4n) is 1.81. The molecule has 0 fully saturated rings. The minimum atomic E-state index is 0.608. The Hall–Kier alpha value is -2.54. The van der Waals surface area contributed by atoms with Gasteiger partial charge in [0.05, 0.1) is 31.0 Å². The van der Waals surface area contributed by atoms with E-state index in [9.17, 15) is 0 Å². The standard InChI is InChI=1S/C15H15N3O/c1-18(14-7-3-5-12(9-14)10-16)11-13-6-4-8-15(17-13)19-2/h3-9H,11H2,1-2H3. The van der Waals surface area contributed by atoms with E-state index in [-0.39, 0.29) is 0 Å². The second kappa shape index (κ2) is 5.87. The second-order valence-corrected chi connectivity index (χ2v) is 4.19. The fourth-order valence-corrected chi connectivity index (χ4v) is 1.81. The number of nitriles is 1. The Morgan fingerprint density at radius 2 is 2.05 bits per heavy atom. The largest absolute Gasteiger partial charge is 0.481 e. The third-order valence-electron chi connectivity index (χ3n) is 2.81. The number of benzene rings is 1. The maximum Gasteiger partial charge on any atom is 0.213 e. The number of nitrogens with zero attached hydrogens (tertiary/aromatic N) is 3. The maximum absolute atomic E-state index is 8.90. The van der Waals surface area contributed by atoms with Gasteiger partial charge in [-0.1, -0.05) is 12.1 Å². The minimum Gasteiger partial charge on any atom is -0.481 e. The Balaban J connectivity index is 2.15. The molecule has 0 aliphatic carbocycles. The predicted molar refractivity (Wildman–Crippen MR) is 74.1 cm³/mol. The van der Waals surface area contributed by atoms with Crippen molar-refractivity contribution in [1.82, 2.24) is 4.98 Å². The number of hydrogen-bond acceptors (Lipinski definition) is 4. The highest BCUT2D eigenvalue weighted by molar-refractivity contribution is 5.51. The molecule has 0 spiro atoms. The quantitative estimate of drug-likeness (QED) is 0.840. The normalized spacial score (nSPS) is 9.74. The van der Waals surface area contributed by atoms with Gasteiger partial charge in [0.25, 0.3) is 0 Å². The summed E-state index contributed by atoms with van der Waals surface area (Å²) < 4.78 is 5.11. The molecule has 4 heteroatoms. The van der Waals surface area contributed by atoms with Crippen LogP contribution >= 0.6 is 0 Å². The molecule has 0 bridgehead atoms. The molecule has 19 heavy (non-hydrogen) atoms. The van der Waals surface area contributed by atoms with Crippen LogP contribution in [0.5, 0.6) is 5.88 Å². The first-order chi connectivity index (χ1) is 9.22. The first-order valence-corrected chi connectivity index (χ1v) is 5.94. The van der Waals surface area contributed by atoms with Crippen LogP contribution in [0, 0.1) is 11.3 Å². The first-order valence-electron chi connectivity index (χ1n) is 5.94. The van der Waals surface area contributed by atoms with E-state index >= 15 is 0 Å². The summed E-state index contributed by atoms with van der Waals surface area (Å²) in [6.07, 6.45) is 0. The van der Waals surface area contributed by atoms with Crippen molar-refractivity contribution in [2.75, 3.05) is 19.1 Å². The lowest BCUT2D eigenvalue weighted by atomic mass is 10.2. The summed E-state index contributed by atoms with van der Waals surface area (Å²) in [5.41, 5.74) is 2.57. The van der Waals surface area contributed by atoms with Crippen molar-refractivity contribution in [3.8, 4) is 11.9 Å². The molecule has 0 saturated carbocycles. The van der Waals surface area contributed by atoms with Gasteiger partial charge in [-0.05, 0) is 24.3 Å². The van der Waals surface area contributed by atoms with Gasteiger partial charge in [0.15, 0.2) is 0 Å². The van der Waals surface area contributed by atoms with Crippen LogP contribution in [0.15, 0.2) is 42.5 Å². The zero-order chi connectivity index (χ0) is 13.7. The zero-order valence-electron chi connectivity index (χ0n) is 11.0. The van der Waals surface area contributed by atoms with Gasteiger partial charge in [-0.3, -0.25) is 0 Å². The van der Waals surface area contributed by atoms with Crippen molar-refractivity contribution in [1.29, 1.82) is 5.26 Å². The SMILES string of the molecule is COc1cccc(CN(C)c2cccc(C#N)c2)n1. The summed E-state index contributed by atoms with van der Waals surface area (Å²) in [5, 5.41) is 8.90. The summed E-state index contributed by atoms with van der Waals surface area (Å²) in [7, 11) is 3.57. The van der Waals surface area contributed by atoms with Crippen LogP contribution in [-0.4, -0.2) is 19.1 Å². The fraction of sp³-hybridized carbons (Fsp3) is 0.200. The predicted octanol–water partition coefficient (Wildman–Crippen LogP) is 2.60. The van der Waals surface area contributed by atoms with Gasteiger partial charge in [-0.25, -0.2) is 4.98 Å². The molecule has 2 rings (SSSR count). The van der Waals surface area contributed by atoms with E-state index in [1.54, 1.807) is 13.2 Å². The Morgan fingerprint density at radius 1 is 1.26 bits per heavy atom. The highest BCUT2D eigenvalue weighted by Crippen LogP contribution is 2.17. The van der Waals surface area contributed by atoms with Crippen molar-refractivity contribution in [3.05, 3.63) is 53.7 Å². The maximum atomic E-state index is 8.90. The summed E-state index contributed by atoms with van der Waals surface area (Å²) in [6.45, 7) is 0.659. The van der Waals surface area contributed by atoms with Gasteiger partial charge in [-0.2, -0.15) is 5.26 Å². The van der Waals surface area contributed by atoms with Crippen molar-refractivity contribution in [2.24, 2.45) is 0 Å². The van der Waals surface area contributed by atoms with Crippen molar-refractivity contribution in [3.63, 3.8) is 0 Å². The van der Waals surface area contributed by atoms with E-state index in [0.29, 0.717) is 18.0 Å². The van der Waals surface area contributed by atoms with E-state index in [1.807, 2.05) is 48.3 Å². The number of ether oxygens (including phenoxy) is 1. The third-order valence-corrected chi connectivity index (χ3v) is 2.81. The summed E-state index contributed by atoms with van der Waals surface area (Å²) >= 11 is 0. The minimum absolute atomic E-state index is 0.608. The van der Waals surface area contributed by atoms with E-state index in [1.165, 1.54) is 0 Å². The highest BCUT2D eigenvalue weighted by atomic mass is 16.5. The van der Waals surface area contributed by atoms with Gasteiger partial charge in [0, 0.05) is 18.8 Å². The lowest BCUT2D eigenvalue weighted by Crippen LogP contribution is -2.17. The average Bonchev–Trinajstić information content (AvgIpc) is 2.47. The second-order valence-electron chi connectivity index (χ2n) is 4.19. The van der Waals surface area contributed by atoms with Crippen LogP contribution in [0.1, 0.15) is 11.3 Å². The van der Waals surface area contributed by atoms with Crippen molar-refractivity contribution >= 4 is 5.69 Å².